The fourth-order valence-corrected chi connectivity index (χ4v) is 4.10. The smallest absolute Gasteiger partial charge is 0.251 e. The Labute approximate surface area is 189 Å². The molecule has 164 valence electrons. The molecule has 1 aliphatic heterocycles. The summed E-state index contributed by atoms with van der Waals surface area (Å²) in [5.41, 5.74) is 5.00. The molecule has 0 spiro atoms. The third kappa shape index (κ3) is 4.99. The summed E-state index contributed by atoms with van der Waals surface area (Å²) >= 11 is 0. The van der Waals surface area contributed by atoms with Crippen molar-refractivity contribution in [1.29, 1.82) is 0 Å². The van der Waals surface area contributed by atoms with Crippen molar-refractivity contribution in [2.75, 3.05) is 20.2 Å². The van der Waals surface area contributed by atoms with Crippen LogP contribution in [0.5, 0.6) is 5.75 Å². The number of methoxy groups -OCH3 is 1. The quantitative estimate of drug-likeness (QED) is 0.566. The van der Waals surface area contributed by atoms with Gasteiger partial charge in [0.15, 0.2) is 0 Å². The molecule has 4 rings (SSSR count). The number of rotatable bonds is 7. The highest BCUT2D eigenvalue weighted by Crippen LogP contribution is 2.30. The number of benzene rings is 3. The Bertz CT molecular complexity index is 1100. The van der Waals surface area contributed by atoms with E-state index in [1.165, 1.54) is 11.1 Å². The highest BCUT2D eigenvalue weighted by molar-refractivity contribution is 5.96. The van der Waals surface area contributed by atoms with Crippen LogP contribution in [0.25, 0.3) is 11.1 Å². The first-order valence-electron chi connectivity index (χ1n) is 11.0. The van der Waals surface area contributed by atoms with Crippen molar-refractivity contribution < 1.29 is 14.3 Å². The number of nitrogens with one attached hydrogen (secondary N) is 1. The van der Waals surface area contributed by atoms with Gasteiger partial charge >= 0.3 is 0 Å². The maximum Gasteiger partial charge on any atom is 0.251 e. The first-order chi connectivity index (χ1) is 15.7. The minimum absolute atomic E-state index is 0.143. The summed E-state index contributed by atoms with van der Waals surface area (Å²) in [4.78, 5) is 27.2. The van der Waals surface area contributed by atoms with Crippen molar-refractivity contribution in [3.63, 3.8) is 0 Å². The number of hydrogen-bond donors (Lipinski definition) is 1. The lowest BCUT2D eigenvalue weighted by molar-refractivity contribution is -0.132. The largest absolute Gasteiger partial charge is 0.496 e. The second-order valence-electron chi connectivity index (χ2n) is 7.97. The predicted molar refractivity (Wildman–Crippen MR) is 126 cm³/mol. The zero-order valence-corrected chi connectivity index (χ0v) is 18.3. The Morgan fingerprint density at radius 2 is 1.72 bits per heavy atom. The summed E-state index contributed by atoms with van der Waals surface area (Å²) in [5, 5.41) is 2.94. The fourth-order valence-electron chi connectivity index (χ4n) is 4.10. The number of hydrogen-bond acceptors (Lipinski definition) is 3. The van der Waals surface area contributed by atoms with E-state index in [-0.39, 0.29) is 11.8 Å². The van der Waals surface area contributed by atoms with E-state index < -0.39 is 0 Å². The van der Waals surface area contributed by atoms with E-state index in [1.54, 1.807) is 13.2 Å². The van der Waals surface area contributed by atoms with Gasteiger partial charge in [-0.15, -0.1) is 0 Å². The van der Waals surface area contributed by atoms with E-state index in [1.807, 2.05) is 59.5 Å². The molecule has 0 saturated carbocycles. The van der Waals surface area contributed by atoms with E-state index in [2.05, 4.69) is 17.4 Å². The fraction of sp³-hybridized carbons (Fsp3) is 0.259. The molecular formula is C27H28N2O3. The van der Waals surface area contributed by atoms with Gasteiger partial charge in [-0.1, -0.05) is 54.6 Å². The Balaban J connectivity index is 1.29. The van der Waals surface area contributed by atoms with Crippen LogP contribution in [-0.2, 0) is 17.8 Å². The van der Waals surface area contributed by atoms with E-state index in [4.69, 9.17) is 4.74 Å². The molecule has 0 aliphatic carbocycles. The maximum atomic E-state index is 12.7. The average molecular weight is 429 g/mol. The van der Waals surface area contributed by atoms with Gasteiger partial charge in [-0.3, -0.25) is 9.59 Å². The Hall–Kier alpha value is -3.60. The lowest BCUT2D eigenvalue weighted by atomic mass is 9.99. The number of ether oxygens (including phenoxy) is 1. The molecule has 0 atom stereocenters. The Kier molecular flexibility index (Phi) is 6.85. The maximum absolute atomic E-state index is 12.7. The first kappa shape index (κ1) is 21.6. The van der Waals surface area contributed by atoms with Crippen LogP contribution >= 0.6 is 0 Å². The molecule has 1 aliphatic rings. The van der Waals surface area contributed by atoms with Gasteiger partial charge in [0, 0.05) is 37.2 Å². The summed E-state index contributed by atoms with van der Waals surface area (Å²) < 4.78 is 5.47. The van der Waals surface area contributed by atoms with Crippen LogP contribution in [-0.4, -0.2) is 36.9 Å². The second kappa shape index (κ2) is 10.1. The van der Waals surface area contributed by atoms with Crippen molar-refractivity contribution in [2.24, 2.45) is 0 Å². The third-order valence-corrected chi connectivity index (χ3v) is 5.88. The van der Waals surface area contributed by atoms with Gasteiger partial charge in [0.05, 0.1) is 7.11 Å². The van der Waals surface area contributed by atoms with Crippen molar-refractivity contribution >= 4 is 11.8 Å². The molecule has 3 aromatic rings. The second-order valence-corrected chi connectivity index (χ2v) is 7.97. The molecule has 32 heavy (non-hydrogen) atoms. The summed E-state index contributed by atoms with van der Waals surface area (Å²) in [6.07, 6.45) is 1.95. The number of amides is 2. The van der Waals surface area contributed by atoms with Crippen LogP contribution < -0.4 is 10.1 Å². The van der Waals surface area contributed by atoms with Crippen LogP contribution in [0.1, 0.15) is 34.3 Å². The van der Waals surface area contributed by atoms with E-state index >= 15 is 0 Å². The topological polar surface area (TPSA) is 58.6 Å². The third-order valence-electron chi connectivity index (χ3n) is 5.88. The highest BCUT2D eigenvalue weighted by Gasteiger charge is 2.20. The van der Waals surface area contributed by atoms with Gasteiger partial charge in [0.2, 0.25) is 5.91 Å². The minimum atomic E-state index is -0.149. The predicted octanol–water partition coefficient (Wildman–Crippen LogP) is 4.46. The molecule has 0 fully saturated rings. The average Bonchev–Trinajstić information content (AvgIpc) is 2.86. The van der Waals surface area contributed by atoms with Gasteiger partial charge in [-0.25, -0.2) is 0 Å². The molecule has 0 saturated heterocycles. The van der Waals surface area contributed by atoms with Gasteiger partial charge in [-0.2, -0.15) is 0 Å². The van der Waals surface area contributed by atoms with Crippen LogP contribution in [0.4, 0.5) is 0 Å². The summed E-state index contributed by atoms with van der Waals surface area (Å²) in [7, 11) is 1.62. The monoisotopic (exact) mass is 428 g/mol. The normalized spacial score (nSPS) is 12.7. The zero-order chi connectivity index (χ0) is 22.3. The van der Waals surface area contributed by atoms with Crippen molar-refractivity contribution in [2.45, 2.75) is 25.8 Å². The first-order valence-corrected chi connectivity index (χ1v) is 11.0. The summed E-state index contributed by atoms with van der Waals surface area (Å²) in [5.74, 6) is 0.718. The molecule has 0 bridgehead atoms. The number of carbonyl (C=O) groups is 2. The molecule has 1 N–H and O–H groups in total. The summed E-state index contributed by atoms with van der Waals surface area (Å²) in [6, 6.07) is 23.6. The van der Waals surface area contributed by atoms with Crippen molar-refractivity contribution in [3.05, 3.63) is 89.5 Å². The molecule has 5 heteroatoms. The van der Waals surface area contributed by atoms with E-state index in [0.717, 1.165) is 29.8 Å². The van der Waals surface area contributed by atoms with E-state index in [0.29, 0.717) is 31.5 Å². The molecule has 1 heterocycles. The minimum Gasteiger partial charge on any atom is -0.496 e. The molecule has 5 nitrogen and oxygen atoms in total. The van der Waals surface area contributed by atoms with Gasteiger partial charge in [-0.05, 0) is 47.7 Å². The lowest BCUT2D eigenvalue weighted by Crippen LogP contribution is -2.36. The number of carbonyl (C=O) groups excluding carboxylic acids is 2. The Morgan fingerprint density at radius 1 is 0.969 bits per heavy atom. The van der Waals surface area contributed by atoms with E-state index in [9.17, 15) is 9.59 Å². The SMILES string of the molecule is COc1ccc(C(=O)NCCCC(=O)N2CCc3ccccc3C2)cc1-c1ccccc1. The molecule has 0 aromatic heterocycles. The lowest BCUT2D eigenvalue weighted by Gasteiger charge is -2.29. The molecular weight excluding hydrogens is 400 g/mol. The number of fused-ring (bicyclic) bond motifs is 1. The number of nitrogens with zero attached hydrogens (tertiary/aromatic N) is 1. The van der Waals surface area contributed by atoms with Crippen molar-refractivity contribution in [3.8, 4) is 16.9 Å². The molecule has 3 aromatic carbocycles. The van der Waals surface area contributed by atoms with Gasteiger partial charge in [0.1, 0.15) is 5.75 Å². The molecule has 2 amide bonds. The summed E-state index contributed by atoms with van der Waals surface area (Å²) in [6.45, 7) is 1.90. The Morgan fingerprint density at radius 3 is 2.50 bits per heavy atom. The van der Waals surface area contributed by atoms with Crippen LogP contribution in [0.2, 0.25) is 0 Å². The van der Waals surface area contributed by atoms with Crippen LogP contribution in [0.15, 0.2) is 72.8 Å². The van der Waals surface area contributed by atoms with Crippen molar-refractivity contribution in [1.82, 2.24) is 10.2 Å². The van der Waals surface area contributed by atoms with Gasteiger partial charge in [0.25, 0.3) is 5.91 Å². The zero-order valence-electron chi connectivity index (χ0n) is 18.3. The molecule has 0 radical (unpaired) electrons. The van der Waals surface area contributed by atoms with Gasteiger partial charge < -0.3 is 15.0 Å². The molecule has 0 unspecified atom stereocenters. The standard InChI is InChI=1S/C27H28N2O3/c1-32-25-14-13-22(18-24(25)21-9-3-2-4-10-21)27(31)28-16-7-12-26(30)29-17-15-20-8-5-6-11-23(20)19-29/h2-6,8-11,13-14,18H,7,12,15-17,19H2,1H3,(H,28,31). The van der Waals surface area contributed by atoms with Crippen LogP contribution in [0, 0.1) is 0 Å². The van der Waals surface area contributed by atoms with Crippen LogP contribution in [0.3, 0.4) is 0 Å². The highest BCUT2D eigenvalue weighted by atomic mass is 16.5.